The van der Waals surface area contributed by atoms with E-state index in [4.69, 9.17) is 11.6 Å². The Kier molecular flexibility index (Phi) is 3.22. The highest BCUT2D eigenvalue weighted by atomic mass is 35.5. The van der Waals surface area contributed by atoms with Gasteiger partial charge in [0.1, 0.15) is 0 Å². The van der Waals surface area contributed by atoms with Crippen LogP contribution in [-0.2, 0) is 4.79 Å². The van der Waals surface area contributed by atoms with Crippen molar-refractivity contribution >= 4 is 17.5 Å². The highest BCUT2D eigenvalue weighted by Crippen LogP contribution is 2.62. The van der Waals surface area contributed by atoms with E-state index in [9.17, 15) is 4.79 Å². The van der Waals surface area contributed by atoms with Crippen LogP contribution in [0.5, 0.6) is 0 Å². The van der Waals surface area contributed by atoms with Crippen LogP contribution in [0.25, 0.3) is 0 Å². The minimum absolute atomic E-state index is 0.213. The van der Waals surface area contributed by atoms with E-state index in [1.54, 1.807) is 0 Å². The van der Waals surface area contributed by atoms with Crippen molar-refractivity contribution in [1.82, 2.24) is 5.32 Å². The van der Waals surface area contributed by atoms with Crippen molar-refractivity contribution in [3.8, 4) is 0 Å². The largest absolute Gasteiger partial charge is 0.330 e. The Labute approximate surface area is 132 Å². The summed E-state index contributed by atoms with van der Waals surface area (Å²) >= 11 is 6.10. The lowest BCUT2D eigenvalue weighted by Crippen LogP contribution is -2.47. The Morgan fingerprint density at radius 1 is 1.29 bits per heavy atom. The maximum Gasteiger partial charge on any atom is 0.224 e. The normalized spacial score (nSPS) is 47.2. The molecule has 1 N–H and O–H groups in total. The molecule has 4 rings (SSSR count). The molecule has 0 aromatic heterocycles. The summed E-state index contributed by atoms with van der Waals surface area (Å²) in [5.41, 5.74) is 4.93. The number of rotatable bonds is 0. The van der Waals surface area contributed by atoms with Gasteiger partial charge in [0.15, 0.2) is 0 Å². The predicted octanol–water partition coefficient (Wildman–Crippen LogP) is 4.37. The number of allylic oxidation sites excluding steroid dienone is 3. The van der Waals surface area contributed by atoms with Crippen LogP contribution in [0.1, 0.15) is 51.9 Å². The zero-order valence-electron chi connectivity index (χ0n) is 12.7. The monoisotopic (exact) mass is 305 g/mol. The number of piperidine rings is 1. The minimum Gasteiger partial charge on any atom is -0.330 e. The molecule has 1 aliphatic heterocycles. The number of hydrogen-bond acceptors (Lipinski definition) is 1. The molecule has 5 atom stereocenters. The van der Waals surface area contributed by atoms with Crippen molar-refractivity contribution in [3.05, 3.63) is 22.9 Å². The minimum atomic E-state index is 0.213. The predicted molar refractivity (Wildman–Crippen MR) is 84.5 cm³/mol. The standard InChI is InChI=1S/C18H24ClNO/c1-18-9-8-12-13(15(18)5-2-11(18)10-19)3-6-16-14(12)4-7-17(21)20-16/h6,10,12-15H,2-5,7-9H2,1H3,(H,20,21)/t12-,13+,14+,15-,18+/m0/s1. The third-order valence-electron chi connectivity index (χ3n) is 6.96. The molecule has 0 unspecified atom stereocenters. The fourth-order valence-electron chi connectivity index (χ4n) is 5.85. The van der Waals surface area contributed by atoms with Crippen LogP contribution in [0.15, 0.2) is 22.9 Å². The molecule has 21 heavy (non-hydrogen) atoms. The SMILES string of the molecule is C[C@]12CC[C@H]3[C@@H](CC=C4NC(=O)CC[C@@H]43)[C@@H]1CCC2=CCl. The molecular weight excluding hydrogens is 282 g/mol. The van der Waals surface area contributed by atoms with Gasteiger partial charge in [0.05, 0.1) is 0 Å². The van der Waals surface area contributed by atoms with E-state index >= 15 is 0 Å². The Hall–Kier alpha value is -0.760. The van der Waals surface area contributed by atoms with E-state index < -0.39 is 0 Å². The highest BCUT2D eigenvalue weighted by Gasteiger charge is 2.53. The van der Waals surface area contributed by atoms with E-state index in [0.717, 1.165) is 30.6 Å². The molecule has 1 amide bonds. The highest BCUT2D eigenvalue weighted by molar-refractivity contribution is 6.25. The van der Waals surface area contributed by atoms with Gasteiger partial charge < -0.3 is 5.32 Å². The van der Waals surface area contributed by atoms with Crippen molar-refractivity contribution in [1.29, 1.82) is 0 Å². The maximum atomic E-state index is 11.6. The summed E-state index contributed by atoms with van der Waals surface area (Å²) < 4.78 is 0. The molecule has 3 fully saturated rings. The number of carbonyl (C=O) groups is 1. The Balaban J connectivity index is 1.65. The van der Waals surface area contributed by atoms with Gasteiger partial charge in [-0.3, -0.25) is 4.79 Å². The van der Waals surface area contributed by atoms with Gasteiger partial charge in [-0.1, -0.05) is 30.2 Å². The van der Waals surface area contributed by atoms with Crippen LogP contribution in [0.3, 0.4) is 0 Å². The molecule has 2 saturated carbocycles. The van der Waals surface area contributed by atoms with E-state index in [2.05, 4.69) is 18.3 Å². The first-order valence-electron chi connectivity index (χ1n) is 8.43. The summed E-state index contributed by atoms with van der Waals surface area (Å²) in [4.78, 5) is 11.6. The first kappa shape index (κ1) is 13.9. The lowest BCUT2D eigenvalue weighted by Gasteiger charge is -2.52. The molecule has 0 radical (unpaired) electrons. The smallest absolute Gasteiger partial charge is 0.224 e. The Morgan fingerprint density at radius 2 is 2.14 bits per heavy atom. The molecular formula is C18H24ClNO. The van der Waals surface area contributed by atoms with E-state index in [0.29, 0.717) is 17.8 Å². The Morgan fingerprint density at radius 3 is 2.95 bits per heavy atom. The molecule has 1 saturated heterocycles. The van der Waals surface area contributed by atoms with E-state index in [1.165, 1.54) is 37.0 Å². The lowest BCUT2D eigenvalue weighted by molar-refractivity contribution is -0.122. The van der Waals surface area contributed by atoms with Crippen LogP contribution < -0.4 is 5.32 Å². The number of fused-ring (bicyclic) bond motifs is 5. The maximum absolute atomic E-state index is 11.6. The van der Waals surface area contributed by atoms with E-state index in [1.807, 2.05) is 5.54 Å². The van der Waals surface area contributed by atoms with Crippen molar-refractivity contribution < 1.29 is 4.79 Å². The molecule has 3 heteroatoms. The molecule has 2 nitrogen and oxygen atoms in total. The number of nitrogens with one attached hydrogen (secondary N) is 1. The second kappa shape index (κ2) is 4.87. The summed E-state index contributed by atoms with van der Waals surface area (Å²) in [5.74, 6) is 3.18. The first-order chi connectivity index (χ1) is 10.1. The fourth-order valence-corrected chi connectivity index (χ4v) is 6.21. The molecule has 3 aliphatic carbocycles. The van der Waals surface area contributed by atoms with Gasteiger partial charge in [-0.05, 0) is 61.7 Å². The summed E-state index contributed by atoms with van der Waals surface area (Å²) in [6.45, 7) is 2.44. The van der Waals surface area contributed by atoms with Crippen molar-refractivity contribution in [2.24, 2.45) is 29.1 Å². The summed E-state index contributed by atoms with van der Waals surface area (Å²) in [6, 6.07) is 0. The summed E-state index contributed by atoms with van der Waals surface area (Å²) in [5, 5.41) is 3.13. The van der Waals surface area contributed by atoms with Crippen molar-refractivity contribution in [3.63, 3.8) is 0 Å². The average Bonchev–Trinajstić information content (AvgIpc) is 2.83. The number of carbonyl (C=O) groups excluding carboxylic acids is 1. The molecule has 0 aromatic carbocycles. The lowest BCUT2D eigenvalue weighted by atomic mass is 9.54. The van der Waals surface area contributed by atoms with Gasteiger partial charge in [-0.2, -0.15) is 0 Å². The molecule has 0 bridgehead atoms. The van der Waals surface area contributed by atoms with Crippen molar-refractivity contribution in [2.45, 2.75) is 51.9 Å². The second-order valence-electron chi connectivity index (χ2n) is 7.65. The molecule has 4 aliphatic rings. The van der Waals surface area contributed by atoms with Gasteiger partial charge in [-0.25, -0.2) is 0 Å². The summed E-state index contributed by atoms with van der Waals surface area (Å²) in [7, 11) is 0. The van der Waals surface area contributed by atoms with Crippen LogP contribution in [0.2, 0.25) is 0 Å². The van der Waals surface area contributed by atoms with Crippen LogP contribution in [-0.4, -0.2) is 5.91 Å². The number of hydrogen-bond donors (Lipinski definition) is 1. The van der Waals surface area contributed by atoms with Gasteiger partial charge in [0, 0.05) is 23.6 Å². The van der Waals surface area contributed by atoms with E-state index in [-0.39, 0.29) is 5.91 Å². The second-order valence-corrected chi connectivity index (χ2v) is 7.87. The Bertz CT molecular complexity index is 537. The van der Waals surface area contributed by atoms with Crippen LogP contribution >= 0.6 is 11.6 Å². The van der Waals surface area contributed by atoms with Gasteiger partial charge >= 0.3 is 0 Å². The molecule has 1 heterocycles. The van der Waals surface area contributed by atoms with Gasteiger partial charge in [0.2, 0.25) is 5.91 Å². The molecule has 0 aromatic rings. The molecule has 0 spiro atoms. The third-order valence-corrected chi connectivity index (χ3v) is 7.23. The number of amides is 1. The first-order valence-corrected chi connectivity index (χ1v) is 8.87. The van der Waals surface area contributed by atoms with Crippen LogP contribution in [0.4, 0.5) is 0 Å². The van der Waals surface area contributed by atoms with Crippen molar-refractivity contribution in [2.75, 3.05) is 0 Å². The fraction of sp³-hybridized carbons (Fsp3) is 0.722. The third kappa shape index (κ3) is 1.94. The zero-order chi connectivity index (χ0) is 14.6. The average molecular weight is 306 g/mol. The van der Waals surface area contributed by atoms with Crippen LogP contribution in [0, 0.1) is 29.1 Å². The van der Waals surface area contributed by atoms with Gasteiger partial charge in [0.25, 0.3) is 0 Å². The molecule has 114 valence electrons. The summed E-state index contributed by atoms with van der Waals surface area (Å²) in [6.07, 6.45) is 10.3. The topological polar surface area (TPSA) is 29.1 Å². The number of halogens is 1. The van der Waals surface area contributed by atoms with Gasteiger partial charge in [-0.15, -0.1) is 0 Å². The zero-order valence-corrected chi connectivity index (χ0v) is 13.5. The quantitative estimate of drug-likeness (QED) is 0.707.